The van der Waals surface area contributed by atoms with Crippen LogP contribution < -0.4 is 0 Å². The van der Waals surface area contributed by atoms with Crippen LogP contribution >= 0.6 is 0 Å². The van der Waals surface area contributed by atoms with Crippen LogP contribution in [0.5, 0.6) is 0 Å². The van der Waals surface area contributed by atoms with E-state index in [-0.39, 0.29) is 35.6 Å². The molecule has 0 saturated carbocycles. The van der Waals surface area contributed by atoms with Crippen molar-refractivity contribution in [2.45, 2.75) is 85.5 Å². The molecule has 0 rings (SSSR count). The third-order valence-corrected chi connectivity index (χ3v) is 4.65. The zero-order valence-electron chi connectivity index (χ0n) is 15.5. The number of ketones is 2. The number of aliphatic hydroxyl groups is 2. The molecule has 0 aliphatic carbocycles. The Balaban J connectivity index is 3.85. The normalized spacial score (nSPS) is 12.4. The van der Waals surface area contributed by atoms with E-state index in [9.17, 15) is 9.59 Å². The highest BCUT2D eigenvalue weighted by molar-refractivity contribution is 5.81. The van der Waals surface area contributed by atoms with Crippen LogP contribution in [0.15, 0.2) is 0 Å². The predicted molar refractivity (Wildman–Crippen MR) is 93.3 cm³/mol. The lowest BCUT2D eigenvalue weighted by atomic mass is 9.83. The van der Waals surface area contributed by atoms with Gasteiger partial charge in [-0.2, -0.15) is 0 Å². The maximum atomic E-state index is 11.9. The summed E-state index contributed by atoms with van der Waals surface area (Å²) in [5, 5.41) is 17.9. The summed E-state index contributed by atoms with van der Waals surface area (Å²) in [5.74, 6) is 0.425. The van der Waals surface area contributed by atoms with Crippen molar-refractivity contribution in [2.24, 2.45) is 10.8 Å². The zero-order chi connectivity index (χ0) is 17.9. The second-order valence-corrected chi connectivity index (χ2v) is 8.21. The van der Waals surface area contributed by atoms with Crippen LogP contribution in [0.3, 0.4) is 0 Å². The van der Waals surface area contributed by atoms with E-state index in [1.807, 2.05) is 0 Å². The lowest BCUT2D eigenvalue weighted by Gasteiger charge is -2.23. The first kappa shape index (κ1) is 22.3. The fourth-order valence-electron chi connectivity index (χ4n) is 2.54. The highest BCUT2D eigenvalue weighted by Crippen LogP contribution is 2.27. The molecule has 0 unspecified atom stereocenters. The van der Waals surface area contributed by atoms with Gasteiger partial charge in [-0.05, 0) is 42.9 Å². The minimum absolute atomic E-state index is 0.00147. The van der Waals surface area contributed by atoms with E-state index in [4.69, 9.17) is 10.2 Å². The average Bonchev–Trinajstić information content (AvgIpc) is 2.43. The first-order chi connectivity index (χ1) is 10.6. The topological polar surface area (TPSA) is 74.6 Å². The first-order valence-corrected chi connectivity index (χ1v) is 8.87. The van der Waals surface area contributed by atoms with Crippen LogP contribution in [0.1, 0.15) is 85.5 Å². The van der Waals surface area contributed by atoms with Gasteiger partial charge in [0, 0.05) is 38.9 Å². The van der Waals surface area contributed by atoms with Crippen LogP contribution in [0.25, 0.3) is 0 Å². The van der Waals surface area contributed by atoms with Gasteiger partial charge in [-0.1, -0.05) is 27.7 Å². The smallest absolute Gasteiger partial charge is 0.132 e. The number of Topliss-reactive ketones (excluding diaryl/α,β-unsaturated/α-hetero) is 2. The van der Waals surface area contributed by atoms with E-state index in [1.165, 1.54) is 0 Å². The minimum atomic E-state index is -0.00147. The fourth-order valence-corrected chi connectivity index (χ4v) is 2.54. The number of aliphatic hydroxyl groups excluding tert-OH is 2. The quantitative estimate of drug-likeness (QED) is 0.510. The van der Waals surface area contributed by atoms with Crippen molar-refractivity contribution < 1.29 is 19.8 Å². The highest BCUT2D eigenvalue weighted by Gasteiger charge is 2.20. The molecule has 4 nitrogen and oxygen atoms in total. The van der Waals surface area contributed by atoms with Crippen molar-refractivity contribution in [1.82, 2.24) is 0 Å². The van der Waals surface area contributed by atoms with Crippen LogP contribution in [-0.2, 0) is 9.59 Å². The van der Waals surface area contributed by atoms with Crippen LogP contribution in [0, 0.1) is 10.8 Å². The van der Waals surface area contributed by atoms with Crippen molar-refractivity contribution in [3.05, 3.63) is 0 Å². The molecular formula is C19H36O4. The van der Waals surface area contributed by atoms with Crippen molar-refractivity contribution >= 4 is 11.6 Å². The molecule has 0 aromatic carbocycles. The van der Waals surface area contributed by atoms with Gasteiger partial charge in [0.25, 0.3) is 0 Å². The summed E-state index contributed by atoms with van der Waals surface area (Å²) in [6, 6.07) is 0. The SMILES string of the molecule is CC(C)(CCO)CCC(=O)CCCC(=O)CCC(C)(C)CCO. The summed E-state index contributed by atoms with van der Waals surface area (Å²) in [7, 11) is 0. The number of carbonyl (C=O) groups excluding carboxylic acids is 2. The van der Waals surface area contributed by atoms with E-state index in [1.54, 1.807) is 0 Å². The average molecular weight is 328 g/mol. The van der Waals surface area contributed by atoms with Gasteiger partial charge in [0.1, 0.15) is 11.6 Å². The Morgan fingerprint density at radius 1 is 0.652 bits per heavy atom. The van der Waals surface area contributed by atoms with Crippen LogP contribution in [-0.4, -0.2) is 35.0 Å². The fraction of sp³-hybridized carbons (Fsp3) is 0.895. The molecule has 0 heterocycles. The molecule has 0 radical (unpaired) electrons. The third kappa shape index (κ3) is 12.4. The Kier molecular flexibility index (Phi) is 10.6. The third-order valence-electron chi connectivity index (χ3n) is 4.65. The van der Waals surface area contributed by atoms with Gasteiger partial charge in [-0.15, -0.1) is 0 Å². The van der Waals surface area contributed by atoms with Gasteiger partial charge in [0.2, 0.25) is 0 Å². The summed E-state index contributed by atoms with van der Waals surface area (Å²) >= 11 is 0. The van der Waals surface area contributed by atoms with Gasteiger partial charge in [-0.3, -0.25) is 9.59 Å². The monoisotopic (exact) mass is 328 g/mol. The van der Waals surface area contributed by atoms with Gasteiger partial charge in [0.05, 0.1) is 0 Å². The second-order valence-electron chi connectivity index (χ2n) is 8.21. The van der Waals surface area contributed by atoms with Gasteiger partial charge < -0.3 is 10.2 Å². The number of hydrogen-bond donors (Lipinski definition) is 2. The molecule has 0 atom stereocenters. The molecule has 0 aliphatic rings. The van der Waals surface area contributed by atoms with Crippen molar-refractivity contribution in [3.63, 3.8) is 0 Å². The molecular weight excluding hydrogens is 292 g/mol. The molecule has 0 spiro atoms. The zero-order valence-corrected chi connectivity index (χ0v) is 15.5. The Labute approximate surface area is 141 Å². The summed E-state index contributed by atoms with van der Waals surface area (Å²) in [6.07, 6.45) is 5.64. The molecule has 4 heteroatoms. The molecule has 0 amide bonds. The number of carbonyl (C=O) groups is 2. The van der Waals surface area contributed by atoms with Crippen LogP contribution in [0.4, 0.5) is 0 Å². The summed E-state index contributed by atoms with van der Waals surface area (Å²) in [4.78, 5) is 23.8. The first-order valence-electron chi connectivity index (χ1n) is 8.87. The molecule has 0 aromatic heterocycles. The van der Waals surface area contributed by atoms with E-state index in [2.05, 4.69) is 27.7 Å². The summed E-state index contributed by atoms with van der Waals surface area (Å²) in [5.41, 5.74) is -0.00294. The number of hydrogen-bond acceptors (Lipinski definition) is 4. The Morgan fingerprint density at radius 2 is 1.00 bits per heavy atom. The molecule has 23 heavy (non-hydrogen) atoms. The van der Waals surface area contributed by atoms with Gasteiger partial charge in [-0.25, -0.2) is 0 Å². The van der Waals surface area contributed by atoms with E-state index in [0.29, 0.717) is 44.9 Å². The molecule has 0 aliphatic heterocycles. The van der Waals surface area contributed by atoms with Crippen LogP contribution in [0.2, 0.25) is 0 Å². The van der Waals surface area contributed by atoms with E-state index in [0.717, 1.165) is 12.8 Å². The summed E-state index contributed by atoms with van der Waals surface area (Å²) in [6.45, 7) is 8.56. The van der Waals surface area contributed by atoms with Gasteiger partial charge >= 0.3 is 0 Å². The minimum Gasteiger partial charge on any atom is -0.396 e. The lowest BCUT2D eigenvalue weighted by molar-refractivity contribution is -0.121. The van der Waals surface area contributed by atoms with Crippen molar-refractivity contribution in [1.29, 1.82) is 0 Å². The standard InChI is InChI=1S/C19H36O4/c1-18(2,12-14-20)10-8-16(22)6-5-7-17(23)9-11-19(3,4)13-15-21/h20-21H,5-15H2,1-4H3. The molecule has 0 aromatic rings. The Bertz CT molecular complexity index is 324. The predicted octanol–water partition coefficient (Wildman–Crippen LogP) is 3.67. The maximum absolute atomic E-state index is 11.9. The largest absolute Gasteiger partial charge is 0.396 e. The second kappa shape index (κ2) is 10.9. The summed E-state index contributed by atoms with van der Waals surface area (Å²) < 4.78 is 0. The Morgan fingerprint density at radius 3 is 1.30 bits per heavy atom. The highest BCUT2D eigenvalue weighted by atomic mass is 16.3. The van der Waals surface area contributed by atoms with E-state index >= 15 is 0 Å². The molecule has 0 saturated heterocycles. The van der Waals surface area contributed by atoms with Crippen molar-refractivity contribution in [2.75, 3.05) is 13.2 Å². The molecule has 0 fully saturated rings. The van der Waals surface area contributed by atoms with E-state index < -0.39 is 0 Å². The molecule has 0 bridgehead atoms. The maximum Gasteiger partial charge on any atom is 0.132 e. The number of rotatable bonds is 14. The molecule has 2 N–H and O–H groups in total. The van der Waals surface area contributed by atoms with Gasteiger partial charge in [0.15, 0.2) is 0 Å². The molecule has 136 valence electrons. The Hall–Kier alpha value is -0.740. The lowest BCUT2D eigenvalue weighted by Crippen LogP contribution is -2.16. The van der Waals surface area contributed by atoms with Crippen molar-refractivity contribution in [3.8, 4) is 0 Å².